The number of hydrogen-bond donors (Lipinski definition) is 0. The van der Waals surface area contributed by atoms with E-state index in [4.69, 9.17) is 4.42 Å². The van der Waals surface area contributed by atoms with Gasteiger partial charge in [0.1, 0.15) is 17.4 Å². The van der Waals surface area contributed by atoms with Crippen molar-refractivity contribution in [1.82, 2.24) is 14.9 Å². The first-order valence-electron chi connectivity index (χ1n) is 11.7. The molecule has 1 atom stereocenters. The Bertz CT molecular complexity index is 1340. The fraction of sp³-hybridized carbons (Fsp3) is 0.250. The molecule has 1 aliphatic rings. The van der Waals surface area contributed by atoms with Gasteiger partial charge in [0.25, 0.3) is 5.91 Å². The van der Waals surface area contributed by atoms with Gasteiger partial charge in [-0.05, 0) is 66.3 Å². The maximum atomic E-state index is 13.5. The monoisotopic (exact) mass is 473 g/mol. The van der Waals surface area contributed by atoms with E-state index in [0.29, 0.717) is 43.1 Å². The highest BCUT2D eigenvalue weighted by Gasteiger charge is 2.28. The molecule has 178 valence electrons. The van der Waals surface area contributed by atoms with Crippen LogP contribution in [0.2, 0.25) is 0 Å². The molecule has 1 saturated heterocycles. The van der Waals surface area contributed by atoms with Crippen LogP contribution in [0.25, 0.3) is 0 Å². The lowest BCUT2D eigenvalue weighted by atomic mass is 9.97. The van der Waals surface area contributed by atoms with E-state index in [-0.39, 0.29) is 23.5 Å². The smallest absolute Gasteiger partial charge is 0.255 e. The molecule has 0 aliphatic carbocycles. The molecule has 3 heterocycles. The molecule has 0 unspecified atom stereocenters. The fourth-order valence-electron chi connectivity index (χ4n) is 4.57. The summed E-state index contributed by atoms with van der Waals surface area (Å²) in [5.74, 6) is 0.619. The largest absolute Gasteiger partial charge is 0.445 e. The molecule has 0 N–H and O–H groups in total. The number of nitrogens with zero attached hydrogens (tertiary/aromatic N) is 3. The van der Waals surface area contributed by atoms with Crippen molar-refractivity contribution in [3.63, 3.8) is 0 Å². The van der Waals surface area contributed by atoms with Gasteiger partial charge < -0.3 is 9.32 Å². The number of piperidine rings is 1. The highest BCUT2D eigenvalue weighted by Crippen LogP contribution is 2.28. The van der Waals surface area contributed by atoms with E-state index >= 15 is 0 Å². The van der Waals surface area contributed by atoms with Crippen molar-refractivity contribution in [3.05, 3.63) is 119 Å². The molecule has 35 heavy (non-hydrogen) atoms. The summed E-state index contributed by atoms with van der Waals surface area (Å²) < 4.78 is 33.0. The van der Waals surface area contributed by atoms with Crippen LogP contribution in [-0.2, 0) is 12.8 Å². The van der Waals surface area contributed by atoms with Gasteiger partial charge in [0.15, 0.2) is 5.89 Å². The van der Waals surface area contributed by atoms with E-state index in [1.165, 1.54) is 24.3 Å². The standard InChI is InChI=1S/C28H25F2N3O2/c29-24-7-1-4-19(12-24)10-21-11-23(16-31-15-21)28(34)33-9-3-6-22(18-33)27-32-17-26(35-27)14-20-5-2-8-25(30)13-20/h1-2,4-5,7-8,11-13,15-17,22H,3,6,9-10,14,18H2/t22-/m0/s1. The number of carbonyl (C=O) groups excluding carboxylic acids is 1. The van der Waals surface area contributed by atoms with Crippen LogP contribution in [-0.4, -0.2) is 33.9 Å². The van der Waals surface area contributed by atoms with Crippen LogP contribution in [0.3, 0.4) is 0 Å². The summed E-state index contributed by atoms with van der Waals surface area (Å²) in [4.78, 5) is 23.8. The Morgan fingerprint density at radius 2 is 1.69 bits per heavy atom. The normalized spacial score (nSPS) is 15.8. The summed E-state index contributed by atoms with van der Waals surface area (Å²) in [6.07, 6.45) is 7.64. The van der Waals surface area contributed by atoms with Gasteiger partial charge in [-0.25, -0.2) is 13.8 Å². The van der Waals surface area contributed by atoms with Gasteiger partial charge in [0.05, 0.1) is 17.7 Å². The number of pyridine rings is 1. The van der Waals surface area contributed by atoms with Crippen molar-refractivity contribution in [2.75, 3.05) is 13.1 Å². The van der Waals surface area contributed by atoms with Gasteiger partial charge >= 0.3 is 0 Å². The van der Waals surface area contributed by atoms with E-state index in [1.807, 2.05) is 23.1 Å². The number of aromatic nitrogens is 2. The fourth-order valence-corrected chi connectivity index (χ4v) is 4.57. The predicted molar refractivity (Wildman–Crippen MR) is 127 cm³/mol. The second kappa shape index (κ2) is 10.2. The van der Waals surface area contributed by atoms with Crippen LogP contribution in [0, 0.1) is 11.6 Å². The predicted octanol–water partition coefficient (Wildman–Crippen LogP) is 5.55. The molecule has 2 aromatic carbocycles. The van der Waals surface area contributed by atoms with Crippen molar-refractivity contribution < 1.29 is 18.0 Å². The third-order valence-corrected chi connectivity index (χ3v) is 6.24. The maximum Gasteiger partial charge on any atom is 0.255 e. The molecule has 1 aliphatic heterocycles. The lowest BCUT2D eigenvalue weighted by Gasteiger charge is -2.31. The average Bonchev–Trinajstić information content (AvgIpc) is 3.32. The number of hydrogen-bond acceptors (Lipinski definition) is 4. The van der Waals surface area contributed by atoms with Gasteiger partial charge in [0.2, 0.25) is 0 Å². The molecule has 0 bridgehead atoms. The first kappa shape index (κ1) is 22.9. The summed E-state index contributed by atoms with van der Waals surface area (Å²) >= 11 is 0. The van der Waals surface area contributed by atoms with Gasteiger partial charge in [-0.15, -0.1) is 0 Å². The van der Waals surface area contributed by atoms with Crippen molar-refractivity contribution in [3.8, 4) is 0 Å². The molecular weight excluding hydrogens is 448 g/mol. The molecular formula is C28H25F2N3O2. The number of halogens is 2. The summed E-state index contributed by atoms with van der Waals surface area (Å²) in [6, 6.07) is 14.7. The lowest BCUT2D eigenvalue weighted by molar-refractivity contribution is 0.0697. The van der Waals surface area contributed by atoms with Gasteiger partial charge in [0, 0.05) is 31.9 Å². The third kappa shape index (κ3) is 5.62. The van der Waals surface area contributed by atoms with Crippen LogP contribution in [0.1, 0.15) is 57.5 Å². The SMILES string of the molecule is O=C(c1cncc(Cc2cccc(F)c2)c1)N1CCC[C@H](c2ncc(Cc3cccc(F)c3)o2)C1. The lowest BCUT2D eigenvalue weighted by Crippen LogP contribution is -2.39. The Morgan fingerprint density at radius 3 is 2.43 bits per heavy atom. The molecule has 0 saturated carbocycles. The minimum Gasteiger partial charge on any atom is -0.445 e. The number of benzene rings is 2. The Morgan fingerprint density at radius 1 is 0.943 bits per heavy atom. The molecule has 5 rings (SSSR count). The highest BCUT2D eigenvalue weighted by molar-refractivity contribution is 5.94. The molecule has 0 radical (unpaired) electrons. The zero-order valence-corrected chi connectivity index (χ0v) is 19.2. The molecule has 4 aromatic rings. The first-order chi connectivity index (χ1) is 17.0. The Labute approximate surface area is 202 Å². The van der Waals surface area contributed by atoms with Gasteiger partial charge in [-0.2, -0.15) is 0 Å². The number of carbonyl (C=O) groups is 1. The molecule has 0 spiro atoms. The molecule has 1 fully saturated rings. The number of amides is 1. The quantitative estimate of drug-likeness (QED) is 0.369. The van der Waals surface area contributed by atoms with E-state index in [9.17, 15) is 13.6 Å². The molecule has 7 heteroatoms. The van der Waals surface area contributed by atoms with Crippen molar-refractivity contribution in [2.24, 2.45) is 0 Å². The van der Waals surface area contributed by atoms with Crippen molar-refractivity contribution >= 4 is 5.91 Å². The highest BCUT2D eigenvalue weighted by atomic mass is 19.1. The van der Waals surface area contributed by atoms with E-state index in [1.54, 1.807) is 30.7 Å². The number of likely N-dealkylation sites (tertiary alicyclic amines) is 1. The average molecular weight is 474 g/mol. The Kier molecular flexibility index (Phi) is 6.66. The first-order valence-corrected chi connectivity index (χ1v) is 11.7. The Balaban J connectivity index is 1.25. The van der Waals surface area contributed by atoms with Crippen molar-refractivity contribution in [2.45, 2.75) is 31.6 Å². The van der Waals surface area contributed by atoms with Crippen molar-refractivity contribution in [1.29, 1.82) is 0 Å². The van der Waals surface area contributed by atoms with Crippen LogP contribution in [0.15, 0.2) is 77.6 Å². The zero-order valence-electron chi connectivity index (χ0n) is 19.2. The second-order valence-electron chi connectivity index (χ2n) is 8.95. The minimum atomic E-state index is -0.285. The topological polar surface area (TPSA) is 59.2 Å². The minimum absolute atomic E-state index is 0.00241. The molecule has 1 amide bonds. The second-order valence-corrected chi connectivity index (χ2v) is 8.95. The maximum absolute atomic E-state index is 13.5. The van der Waals surface area contributed by atoms with Crippen LogP contribution < -0.4 is 0 Å². The summed E-state index contributed by atoms with van der Waals surface area (Å²) in [5.41, 5.74) is 3.01. The van der Waals surface area contributed by atoms with Crippen LogP contribution >= 0.6 is 0 Å². The van der Waals surface area contributed by atoms with Crippen LogP contribution in [0.5, 0.6) is 0 Å². The zero-order chi connectivity index (χ0) is 24.2. The summed E-state index contributed by atoms with van der Waals surface area (Å²) in [5, 5.41) is 0. The third-order valence-electron chi connectivity index (χ3n) is 6.24. The van der Waals surface area contributed by atoms with Gasteiger partial charge in [-0.3, -0.25) is 9.78 Å². The summed E-state index contributed by atoms with van der Waals surface area (Å²) in [7, 11) is 0. The number of oxazole rings is 1. The van der Waals surface area contributed by atoms with Gasteiger partial charge in [-0.1, -0.05) is 24.3 Å². The van der Waals surface area contributed by atoms with E-state index in [2.05, 4.69) is 9.97 Å². The van der Waals surface area contributed by atoms with E-state index < -0.39 is 0 Å². The molecule has 5 nitrogen and oxygen atoms in total. The Hall–Kier alpha value is -3.87. The van der Waals surface area contributed by atoms with Crippen LogP contribution in [0.4, 0.5) is 8.78 Å². The number of rotatable bonds is 6. The summed E-state index contributed by atoms with van der Waals surface area (Å²) in [6.45, 7) is 1.16. The van der Waals surface area contributed by atoms with E-state index in [0.717, 1.165) is 29.5 Å². The molecule has 2 aromatic heterocycles.